The van der Waals surface area contributed by atoms with Crippen LogP contribution < -0.4 is 5.73 Å². The summed E-state index contributed by atoms with van der Waals surface area (Å²) in [5, 5.41) is 10.00. The number of rotatable bonds is 4. The summed E-state index contributed by atoms with van der Waals surface area (Å²) in [5.41, 5.74) is 5.35. The molecule has 0 aromatic heterocycles. The van der Waals surface area contributed by atoms with E-state index < -0.39 is 17.4 Å². The summed E-state index contributed by atoms with van der Waals surface area (Å²) in [6, 6.07) is -0.553. The number of allylic oxidation sites excluding steroid dienone is 1. The Kier molecular flexibility index (Phi) is 6.81. The molecule has 0 saturated carbocycles. The normalized spacial score (nSPS) is 23.3. The predicted molar refractivity (Wildman–Crippen MR) is 104 cm³/mol. The fourth-order valence-electron chi connectivity index (χ4n) is 3.30. The second-order valence-electron chi connectivity index (χ2n) is 8.24. The predicted octanol–water partition coefficient (Wildman–Crippen LogP) is 2.08. The Morgan fingerprint density at radius 3 is 2.42 bits per heavy atom. The standard InChI is InChI=1S/C19H32N4O3.H2/c1-19(2,3)15(24)12-16(20)21-18(26)14-8-4-5-11-23(14)17(25)13-22-9-6-7-10-22;/h12,14,24H,4-11,13H2,1-3H3,(H2,20,21,26);1H/b15-12-;/t14-;/m0./s1. The average Bonchev–Trinajstić information content (AvgIpc) is 3.06. The number of hydrogen-bond donors (Lipinski definition) is 2. The van der Waals surface area contributed by atoms with Gasteiger partial charge in [-0.15, -0.1) is 0 Å². The summed E-state index contributed by atoms with van der Waals surface area (Å²) in [5.74, 6) is -0.376. The van der Waals surface area contributed by atoms with Crippen molar-refractivity contribution in [2.45, 2.75) is 58.9 Å². The molecule has 26 heavy (non-hydrogen) atoms. The Bertz CT molecular complexity index is 592. The minimum absolute atomic E-state index is 0. The fraction of sp³-hybridized carbons (Fsp3) is 0.737. The number of nitrogens with two attached hydrogens (primary N) is 1. The van der Waals surface area contributed by atoms with Gasteiger partial charge >= 0.3 is 0 Å². The maximum atomic E-state index is 12.7. The third-order valence-electron chi connectivity index (χ3n) is 4.96. The van der Waals surface area contributed by atoms with Crippen LogP contribution in [-0.2, 0) is 9.59 Å². The maximum Gasteiger partial charge on any atom is 0.270 e. The van der Waals surface area contributed by atoms with E-state index in [0.717, 1.165) is 38.8 Å². The van der Waals surface area contributed by atoms with Crippen molar-refractivity contribution in [3.05, 3.63) is 11.8 Å². The second-order valence-corrected chi connectivity index (χ2v) is 8.24. The summed E-state index contributed by atoms with van der Waals surface area (Å²) >= 11 is 0. The molecule has 0 aromatic carbocycles. The average molecular weight is 367 g/mol. The lowest BCUT2D eigenvalue weighted by Crippen LogP contribution is -2.50. The quantitative estimate of drug-likeness (QED) is 0.451. The minimum atomic E-state index is -0.553. The largest absolute Gasteiger partial charge is 0.512 e. The molecule has 0 aliphatic carbocycles. The number of amidine groups is 1. The molecule has 148 valence electrons. The van der Waals surface area contributed by atoms with Gasteiger partial charge in [0.15, 0.2) is 0 Å². The molecule has 2 aliphatic heterocycles. The molecule has 2 aliphatic rings. The first-order valence-corrected chi connectivity index (χ1v) is 9.49. The van der Waals surface area contributed by atoms with Crippen LogP contribution in [0.1, 0.15) is 54.3 Å². The smallest absolute Gasteiger partial charge is 0.270 e. The van der Waals surface area contributed by atoms with Crippen LogP contribution >= 0.6 is 0 Å². The number of carbonyl (C=O) groups is 2. The van der Waals surface area contributed by atoms with Gasteiger partial charge in [-0.25, -0.2) is 0 Å². The van der Waals surface area contributed by atoms with E-state index in [2.05, 4.69) is 9.89 Å². The van der Waals surface area contributed by atoms with Crippen LogP contribution in [0.3, 0.4) is 0 Å². The van der Waals surface area contributed by atoms with E-state index >= 15 is 0 Å². The number of piperidine rings is 1. The van der Waals surface area contributed by atoms with Crippen LogP contribution in [0, 0.1) is 5.41 Å². The summed E-state index contributed by atoms with van der Waals surface area (Å²) in [6.45, 7) is 8.37. The number of nitrogens with zero attached hydrogens (tertiary/aromatic N) is 3. The van der Waals surface area contributed by atoms with Crippen LogP contribution in [0.15, 0.2) is 16.8 Å². The Morgan fingerprint density at radius 2 is 1.81 bits per heavy atom. The maximum absolute atomic E-state index is 12.7. The Balaban J connectivity index is 0.00000364. The topological polar surface area (TPSA) is 99.2 Å². The molecular weight excluding hydrogens is 332 g/mol. The molecule has 0 spiro atoms. The van der Waals surface area contributed by atoms with Crippen molar-refractivity contribution in [3.8, 4) is 0 Å². The lowest BCUT2D eigenvalue weighted by molar-refractivity contribution is -0.141. The first-order valence-electron chi connectivity index (χ1n) is 9.49. The van der Waals surface area contributed by atoms with E-state index in [1.54, 1.807) is 4.90 Å². The van der Waals surface area contributed by atoms with Crippen molar-refractivity contribution in [3.63, 3.8) is 0 Å². The van der Waals surface area contributed by atoms with Crippen LogP contribution in [0.25, 0.3) is 0 Å². The van der Waals surface area contributed by atoms with E-state index in [0.29, 0.717) is 19.5 Å². The lowest BCUT2D eigenvalue weighted by atomic mass is 9.93. The van der Waals surface area contributed by atoms with E-state index in [4.69, 9.17) is 5.73 Å². The van der Waals surface area contributed by atoms with Gasteiger partial charge in [-0.1, -0.05) is 20.8 Å². The molecule has 0 unspecified atom stereocenters. The highest BCUT2D eigenvalue weighted by Gasteiger charge is 2.33. The first kappa shape index (κ1) is 20.4. The molecule has 0 bridgehead atoms. The van der Waals surface area contributed by atoms with Gasteiger partial charge in [-0.05, 0) is 45.2 Å². The van der Waals surface area contributed by atoms with Gasteiger partial charge in [0, 0.05) is 19.5 Å². The van der Waals surface area contributed by atoms with Crippen molar-refractivity contribution in [1.29, 1.82) is 0 Å². The molecule has 7 heteroatoms. The minimum Gasteiger partial charge on any atom is -0.512 e. The fourth-order valence-corrected chi connectivity index (χ4v) is 3.30. The number of amides is 2. The number of likely N-dealkylation sites (tertiary alicyclic amines) is 2. The van der Waals surface area contributed by atoms with Gasteiger partial charge in [-0.3, -0.25) is 14.5 Å². The van der Waals surface area contributed by atoms with Crippen LogP contribution in [0.5, 0.6) is 0 Å². The van der Waals surface area contributed by atoms with Crippen molar-refractivity contribution in [2.75, 3.05) is 26.2 Å². The zero-order valence-electron chi connectivity index (χ0n) is 16.2. The highest BCUT2D eigenvalue weighted by atomic mass is 16.3. The van der Waals surface area contributed by atoms with Crippen molar-refractivity contribution < 1.29 is 16.1 Å². The summed E-state index contributed by atoms with van der Waals surface area (Å²) < 4.78 is 0. The highest BCUT2D eigenvalue weighted by molar-refractivity contribution is 6.02. The molecule has 0 aromatic rings. The summed E-state index contributed by atoms with van der Waals surface area (Å²) in [4.78, 5) is 33.0. The van der Waals surface area contributed by atoms with Gasteiger partial charge in [-0.2, -0.15) is 4.99 Å². The SMILES string of the molecule is CC(C)(C)/C(O)=C/C(N)=NC(=O)[C@@H]1CCCCN1C(=O)CN1CCCC1.[HH]. The lowest BCUT2D eigenvalue weighted by Gasteiger charge is -2.34. The molecule has 2 rings (SSSR count). The second kappa shape index (κ2) is 8.66. The number of aliphatic hydroxyl groups excluding tert-OH is 1. The molecule has 2 amide bonds. The molecule has 2 heterocycles. The number of carbonyl (C=O) groups excluding carboxylic acids is 2. The van der Waals surface area contributed by atoms with Crippen LogP contribution in [0.4, 0.5) is 0 Å². The molecule has 2 saturated heterocycles. The molecule has 3 N–H and O–H groups in total. The van der Waals surface area contributed by atoms with Gasteiger partial charge in [0.1, 0.15) is 17.6 Å². The zero-order chi connectivity index (χ0) is 19.3. The monoisotopic (exact) mass is 366 g/mol. The van der Waals surface area contributed by atoms with Gasteiger partial charge < -0.3 is 15.7 Å². The Morgan fingerprint density at radius 1 is 1.19 bits per heavy atom. The first-order chi connectivity index (χ1) is 12.2. The van der Waals surface area contributed by atoms with E-state index in [1.807, 2.05) is 20.8 Å². The van der Waals surface area contributed by atoms with Crippen molar-refractivity contribution in [1.82, 2.24) is 9.80 Å². The van der Waals surface area contributed by atoms with Crippen LogP contribution in [0.2, 0.25) is 0 Å². The molecule has 7 nitrogen and oxygen atoms in total. The third-order valence-corrected chi connectivity index (χ3v) is 4.96. The van der Waals surface area contributed by atoms with Gasteiger partial charge in [0.2, 0.25) is 5.91 Å². The Labute approximate surface area is 157 Å². The van der Waals surface area contributed by atoms with E-state index in [1.165, 1.54) is 6.08 Å². The third kappa shape index (κ3) is 5.56. The zero-order valence-corrected chi connectivity index (χ0v) is 16.2. The summed E-state index contributed by atoms with van der Waals surface area (Å²) in [6.07, 6.45) is 5.97. The molecular formula is C19H34N4O3. The van der Waals surface area contributed by atoms with Gasteiger partial charge in [0.05, 0.1) is 6.54 Å². The number of aliphatic imine (C=N–C) groups is 1. The number of hydrogen-bond acceptors (Lipinski definition) is 4. The van der Waals surface area contributed by atoms with Gasteiger partial charge in [0.25, 0.3) is 5.91 Å². The Hall–Kier alpha value is -1.89. The van der Waals surface area contributed by atoms with Crippen molar-refractivity contribution in [2.24, 2.45) is 16.1 Å². The molecule has 2 fully saturated rings. The van der Waals surface area contributed by atoms with Crippen LogP contribution in [-0.4, -0.2) is 64.8 Å². The molecule has 1 atom stereocenters. The highest BCUT2D eigenvalue weighted by Crippen LogP contribution is 2.22. The van der Waals surface area contributed by atoms with E-state index in [-0.39, 0.29) is 18.9 Å². The van der Waals surface area contributed by atoms with Crippen molar-refractivity contribution >= 4 is 17.6 Å². The molecule has 0 radical (unpaired) electrons. The summed E-state index contributed by atoms with van der Waals surface area (Å²) in [7, 11) is 0. The van der Waals surface area contributed by atoms with E-state index in [9.17, 15) is 14.7 Å². The number of aliphatic hydroxyl groups is 1.